The van der Waals surface area contributed by atoms with Crippen molar-refractivity contribution < 1.29 is 36.4 Å². The van der Waals surface area contributed by atoms with Crippen LogP contribution in [0.15, 0.2) is 37.1 Å². The molecule has 0 bridgehead atoms. The van der Waals surface area contributed by atoms with E-state index >= 15 is 0 Å². The van der Waals surface area contributed by atoms with Gasteiger partial charge in [0.25, 0.3) is 0 Å². The van der Waals surface area contributed by atoms with Crippen molar-refractivity contribution in [2.24, 2.45) is 0 Å². The number of benzene rings is 1. The molecule has 0 unspecified atom stereocenters. The molecule has 0 radical (unpaired) electrons. The topological polar surface area (TPSA) is 73.8 Å². The number of pyridine rings is 1. The van der Waals surface area contributed by atoms with Crippen molar-refractivity contribution in [3.63, 3.8) is 0 Å². The molecule has 0 saturated heterocycles. The average molecular weight is 433 g/mol. The number of aryl methyl sites for hydroxylation is 1. The Morgan fingerprint density at radius 1 is 1.37 bits per heavy atom. The van der Waals surface area contributed by atoms with Crippen LogP contribution in [0.5, 0.6) is 11.5 Å². The third-order valence-corrected chi connectivity index (χ3v) is 2.24. The molecule has 1 aromatic heterocycles. The summed E-state index contributed by atoms with van der Waals surface area (Å²) in [7, 11) is 1.62. The first kappa shape index (κ1) is 19.9. The summed E-state index contributed by atoms with van der Waals surface area (Å²) in [6.07, 6.45) is 3.41. The van der Waals surface area contributed by atoms with Crippen LogP contribution in [0, 0.1) is 6.92 Å². The van der Waals surface area contributed by atoms with E-state index in [1.54, 1.807) is 31.5 Å². The summed E-state index contributed by atoms with van der Waals surface area (Å²) in [5.74, 6) is 1.04. The van der Waals surface area contributed by atoms with Gasteiger partial charge in [0.15, 0.2) is 0 Å². The van der Waals surface area contributed by atoms with Crippen LogP contribution < -0.4 is 4.74 Å². The summed E-state index contributed by atoms with van der Waals surface area (Å²) in [4.78, 5) is 4.15. The van der Waals surface area contributed by atoms with E-state index in [4.69, 9.17) is 4.74 Å². The molecule has 0 fully saturated rings. The van der Waals surface area contributed by atoms with Crippen LogP contribution in [0.25, 0.3) is 10.9 Å². The number of rotatable bonds is 1. The van der Waals surface area contributed by atoms with Crippen LogP contribution in [0.2, 0.25) is 0 Å². The molecule has 19 heavy (non-hydrogen) atoms. The third-order valence-electron chi connectivity index (χ3n) is 2.24. The molecule has 1 aromatic carbocycles. The van der Waals surface area contributed by atoms with E-state index in [2.05, 4.69) is 11.6 Å². The van der Waals surface area contributed by atoms with E-state index in [1.165, 1.54) is 0 Å². The maximum Gasteiger partial charge on any atom is 0.129 e. The van der Waals surface area contributed by atoms with Gasteiger partial charge in [-0.15, -0.1) is 6.58 Å². The van der Waals surface area contributed by atoms with E-state index in [0.717, 1.165) is 22.2 Å². The number of methoxy groups -OCH3 is 1. The van der Waals surface area contributed by atoms with Gasteiger partial charge in [0, 0.05) is 38.7 Å². The second kappa shape index (κ2) is 9.54. The maximum atomic E-state index is 9.50. The Kier molecular flexibility index (Phi) is 10.0. The molecule has 1 heterocycles. The van der Waals surface area contributed by atoms with Crippen molar-refractivity contribution in [2.75, 3.05) is 7.11 Å². The van der Waals surface area contributed by atoms with Crippen LogP contribution in [0.3, 0.4) is 0 Å². The number of fused-ring (bicyclic) bond motifs is 1. The smallest absolute Gasteiger partial charge is 0.129 e. The molecular formula is C14H19NO3W. The first-order chi connectivity index (χ1) is 8.13. The van der Waals surface area contributed by atoms with Gasteiger partial charge in [-0.3, -0.25) is 4.98 Å². The van der Waals surface area contributed by atoms with Crippen LogP contribution in [0.1, 0.15) is 12.5 Å². The fraction of sp³-hybridized carbons (Fsp3) is 0.214. The minimum absolute atomic E-state index is 0. The average Bonchev–Trinajstić information content (AvgIpc) is 2.31. The zero-order chi connectivity index (χ0) is 12.8. The number of nitrogens with zero attached hydrogens (tertiary/aromatic N) is 1. The largest absolute Gasteiger partial charge is 0.508 e. The predicted octanol–water partition coefficient (Wildman–Crippen LogP) is 2.62. The number of phenolic OH excluding ortho intramolecular Hbond substituents is 1. The van der Waals surface area contributed by atoms with Crippen LogP contribution >= 0.6 is 0 Å². The summed E-state index contributed by atoms with van der Waals surface area (Å²) in [6.45, 7) is 7.10. The molecular weight excluding hydrogens is 414 g/mol. The summed E-state index contributed by atoms with van der Waals surface area (Å²) in [5.41, 5.74) is 1.57. The first-order valence-corrected chi connectivity index (χ1v) is 5.33. The molecule has 0 aliphatic rings. The molecule has 0 aliphatic heterocycles. The van der Waals surface area contributed by atoms with Gasteiger partial charge < -0.3 is 15.3 Å². The Morgan fingerprint density at radius 2 is 1.95 bits per heavy atom. The summed E-state index contributed by atoms with van der Waals surface area (Å²) >= 11 is 0. The second-order valence-corrected chi connectivity index (χ2v) is 3.58. The minimum Gasteiger partial charge on any atom is -0.508 e. The van der Waals surface area contributed by atoms with E-state index in [9.17, 15) is 5.11 Å². The Hall–Kier alpha value is -1.38. The zero-order valence-corrected chi connectivity index (χ0v) is 14.2. The van der Waals surface area contributed by atoms with E-state index in [1.807, 2.05) is 19.9 Å². The molecule has 4 nitrogen and oxygen atoms in total. The Balaban J connectivity index is 0. The van der Waals surface area contributed by atoms with Gasteiger partial charge >= 0.3 is 0 Å². The van der Waals surface area contributed by atoms with Crippen molar-refractivity contribution in [3.8, 4) is 11.5 Å². The molecule has 2 rings (SSSR count). The van der Waals surface area contributed by atoms with Crippen LogP contribution in [-0.4, -0.2) is 22.7 Å². The molecule has 104 valence electrons. The number of allylic oxidation sites excluding steroid dienone is 1. The van der Waals surface area contributed by atoms with Gasteiger partial charge in [-0.05, 0) is 31.5 Å². The SMILES string of the molecule is C=CC.COc1ccnc2cc(O)c(C)cc12.O.[W]. The fourth-order valence-corrected chi connectivity index (χ4v) is 1.44. The third kappa shape index (κ3) is 5.01. The Labute approximate surface area is 127 Å². The quantitative estimate of drug-likeness (QED) is 0.703. The van der Waals surface area contributed by atoms with Gasteiger partial charge in [0.1, 0.15) is 11.5 Å². The molecule has 0 atom stereocenters. The number of hydrogen-bond donors (Lipinski definition) is 1. The molecule has 5 heteroatoms. The molecule has 0 spiro atoms. The van der Waals surface area contributed by atoms with Crippen molar-refractivity contribution in [1.29, 1.82) is 0 Å². The minimum atomic E-state index is 0. The number of aromatic nitrogens is 1. The molecule has 2 aromatic rings. The van der Waals surface area contributed by atoms with Gasteiger partial charge in [-0.25, -0.2) is 0 Å². The van der Waals surface area contributed by atoms with Crippen LogP contribution in [-0.2, 0) is 21.1 Å². The van der Waals surface area contributed by atoms with Crippen molar-refractivity contribution >= 4 is 10.9 Å². The second-order valence-electron chi connectivity index (χ2n) is 3.58. The van der Waals surface area contributed by atoms with Gasteiger partial charge in [0.2, 0.25) is 0 Å². The van der Waals surface area contributed by atoms with Gasteiger partial charge in [-0.1, -0.05) is 6.08 Å². The maximum absolute atomic E-state index is 9.50. The predicted molar refractivity (Wildman–Crippen MR) is 74.2 cm³/mol. The summed E-state index contributed by atoms with van der Waals surface area (Å²) in [6, 6.07) is 5.32. The summed E-state index contributed by atoms with van der Waals surface area (Å²) in [5, 5.41) is 10.4. The normalized spacial score (nSPS) is 8.37. The van der Waals surface area contributed by atoms with Crippen molar-refractivity contribution in [1.82, 2.24) is 4.98 Å². The summed E-state index contributed by atoms with van der Waals surface area (Å²) < 4.78 is 5.20. The molecule has 0 saturated carbocycles. The fourth-order valence-electron chi connectivity index (χ4n) is 1.44. The van der Waals surface area contributed by atoms with Crippen molar-refractivity contribution in [3.05, 3.63) is 42.6 Å². The monoisotopic (exact) mass is 433 g/mol. The van der Waals surface area contributed by atoms with Crippen molar-refractivity contribution in [2.45, 2.75) is 13.8 Å². The van der Waals surface area contributed by atoms with E-state index < -0.39 is 0 Å². The Morgan fingerprint density at radius 3 is 2.47 bits per heavy atom. The van der Waals surface area contributed by atoms with Gasteiger partial charge in [-0.2, -0.15) is 0 Å². The molecule has 3 N–H and O–H groups in total. The Bertz CT molecular complexity index is 529. The molecule has 0 aliphatic carbocycles. The number of ether oxygens (including phenoxy) is 1. The number of hydrogen-bond acceptors (Lipinski definition) is 3. The first-order valence-electron chi connectivity index (χ1n) is 5.33. The zero-order valence-electron chi connectivity index (χ0n) is 11.3. The number of phenols is 1. The molecule has 0 amide bonds. The van der Waals surface area contributed by atoms with Crippen LogP contribution in [0.4, 0.5) is 0 Å². The standard InChI is InChI=1S/C11H11NO2.C3H6.H2O.W/c1-7-5-8-9(6-10(7)13)12-4-3-11(8)14-2;1-3-2;;/h3-6,13H,1-2H3;3H,1H2,2H3;1H2;. The van der Waals surface area contributed by atoms with E-state index in [-0.39, 0.29) is 32.3 Å². The van der Waals surface area contributed by atoms with E-state index in [0.29, 0.717) is 0 Å². The number of aromatic hydroxyl groups is 1. The van der Waals surface area contributed by atoms with Gasteiger partial charge in [0.05, 0.1) is 12.6 Å².